The molecule has 140 valence electrons. The lowest BCUT2D eigenvalue weighted by Gasteiger charge is -2.44. The Morgan fingerprint density at radius 3 is 2.64 bits per heavy atom. The third kappa shape index (κ3) is 2.94. The van der Waals surface area contributed by atoms with Crippen molar-refractivity contribution in [3.8, 4) is 17.5 Å². The van der Waals surface area contributed by atoms with Crippen LogP contribution in [0, 0.1) is 17.2 Å². The van der Waals surface area contributed by atoms with Crippen LogP contribution < -0.4 is 5.32 Å². The number of benzene rings is 2. The van der Waals surface area contributed by atoms with Gasteiger partial charge in [0.25, 0.3) is 5.91 Å². The van der Waals surface area contributed by atoms with Gasteiger partial charge >= 0.3 is 0 Å². The number of hydrogen-bond donors (Lipinski definition) is 1. The molecule has 4 heterocycles. The first-order chi connectivity index (χ1) is 13.7. The summed E-state index contributed by atoms with van der Waals surface area (Å²) in [5, 5.41) is 12.2. The second-order valence-electron chi connectivity index (χ2n) is 7.58. The molecule has 6 nitrogen and oxygen atoms in total. The van der Waals surface area contributed by atoms with E-state index in [1.165, 1.54) is 0 Å². The maximum absolute atomic E-state index is 13.0. The van der Waals surface area contributed by atoms with E-state index in [0.717, 1.165) is 38.0 Å². The maximum atomic E-state index is 13.0. The van der Waals surface area contributed by atoms with Crippen LogP contribution in [0.3, 0.4) is 0 Å². The number of piperidine rings is 3. The third-order valence-electron chi connectivity index (χ3n) is 5.90. The molecule has 2 bridgehead atoms. The molecule has 2 aromatic carbocycles. The number of carbonyl (C=O) groups excluding carboxylic acids is 1. The van der Waals surface area contributed by atoms with Crippen molar-refractivity contribution in [3.63, 3.8) is 0 Å². The van der Waals surface area contributed by atoms with Crippen molar-refractivity contribution in [3.05, 3.63) is 53.6 Å². The summed E-state index contributed by atoms with van der Waals surface area (Å²) >= 11 is 0. The zero-order valence-corrected chi connectivity index (χ0v) is 15.4. The Balaban J connectivity index is 1.44. The molecular formula is C22H20N4O2. The van der Waals surface area contributed by atoms with E-state index in [-0.39, 0.29) is 11.9 Å². The van der Waals surface area contributed by atoms with Crippen molar-refractivity contribution in [2.24, 2.45) is 5.92 Å². The molecule has 0 saturated carbocycles. The smallest absolute Gasteiger partial charge is 0.253 e. The molecule has 3 saturated heterocycles. The summed E-state index contributed by atoms with van der Waals surface area (Å²) in [5.41, 5.74) is 3.05. The number of nitriles is 1. The first kappa shape index (κ1) is 17.0. The van der Waals surface area contributed by atoms with Gasteiger partial charge in [-0.2, -0.15) is 5.26 Å². The highest BCUT2D eigenvalue weighted by atomic mass is 16.3. The summed E-state index contributed by atoms with van der Waals surface area (Å²) in [5.74, 6) is 0.922. The van der Waals surface area contributed by atoms with E-state index in [9.17, 15) is 4.79 Å². The summed E-state index contributed by atoms with van der Waals surface area (Å²) in [7, 11) is 0. The van der Waals surface area contributed by atoms with Crippen molar-refractivity contribution in [1.29, 1.82) is 5.26 Å². The zero-order valence-electron chi connectivity index (χ0n) is 15.4. The fourth-order valence-corrected chi connectivity index (χ4v) is 4.32. The molecule has 1 aromatic heterocycles. The molecule has 1 amide bonds. The number of rotatable bonds is 3. The maximum Gasteiger partial charge on any atom is 0.253 e. The number of para-hydroxylation sites is 1. The highest BCUT2D eigenvalue weighted by Gasteiger charge is 2.35. The van der Waals surface area contributed by atoms with E-state index in [1.54, 1.807) is 30.3 Å². The number of aromatic nitrogens is 1. The van der Waals surface area contributed by atoms with Crippen LogP contribution in [0.2, 0.25) is 0 Å². The highest BCUT2D eigenvalue weighted by molar-refractivity contribution is 6.05. The Morgan fingerprint density at radius 1 is 1.18 bits per heavy atom. The van der Waals surface area contributed by atoms with E-state index in [0.29, 0.717) is 34.0 Å². The molecule has 0 spiro atoms. The van der Waals surface area contributed by atoms with Gasteiger partial charge in [0.1, 0.15) is 5.52 Å². The lowest BCUT2D eigenvalue weighted by Crippen LogP contribution is -2.57. The van der Waals surface area contributed by atoms with E-state index in [2.05, 4.69) is 21.3 Å². The van der Waals surface area contributed by atoms with Crippen LogP contribution in [-0.2, 0) is 0 Å². The van der Waals surface area contributed by atoms with Gasteiger partial charge in [0.15, 0.2) is 5.58 Å². The zero-order chi connectivity index (χ0) is 19.1. The summed E-state index contributed by atoms with van der Waals surface area (Å²) in [4.78, 5) is 20.0. The van der Waals surface area contributed by atoms with Gasteiger partial charge in [-0.1, -0.05) is 6.07 Å². The van der Waals surface area contributed by atoms with Crippen molar-refractivity contribution in [1.82, 2.24) is 15.2 Å². The Hall–Kier alpha value is -3.17. The second-order valence-corrected chi connectivity index (χ2v) is 7.58. The van der Waals surface area contributed by atoms with Crippen molar-refractivity contribution < 1.29 is 9.21 Å². The van der Waals surface area contributed by atoms with Crippen LogP contribution in [0.25, 0.3) is 22.6 Å². The Labute approximate surface area is 162 Å². The minimum absolute atomic E-state index is 0.0935. The fourth-order valence-electron chi connectivity index (χ4n) is 4.32. The van der Waals surface area contributed by atoms with Gasteiger partial charge in [0.2, 0.25) is 5.89 Å². The van der Waals surface area contributed by atoms with E-state index in [4.69, 9.17) is 9.68 Å². The minimum Gasteiger partial charge on any atom is -0.436 e. The normalized spacial score (nSPS) is 23.5. The molecule has 6 heteroatoms. The predicted molar refractivity (Wildman–Crippen MR) is 105 cm³/mol. The lowest BCUT2D eigenvalue weighted by atomic mass is 9.84. The quantitative estimate of drug-likeness (QED) is 0.763. The van der Waals surface area contributed by atoms with Gasteiger partial charge < -0.3 is 14.6 Å². The van der Waals surface area contributed by atoms with Crippen LogP contribution in [0.5, 0.6) is 0 Å². The molecule has 3 aliphatic heterocycles. The molecule has 1 unspecified atom stereocenters. The van der Waals surface area contributed by atoms with E-state index >= 15 is 0 Å². The lowest BCUT2D eigenvalue weighted by molar-refractivity contribution is 0.0621. The molecule has 3 aromatic rings. The molecule has 1 N–H and O–H groups in total. The summed E-state index contributed by atoms with van der Waals surface area (Å²) < 4.78 is 5.88. The number of carbonyl (C=O) groups is 1. The first-order valence-electron chi connectivity index (χ1n) is 9.64. The van der Waals surface area contributed by atoms with Gasteiger partial charge in [-0.3, -0.25) is 4.79 Å². The largest absolute Gasteiger partial charge is 0.436 e. The van der Waals surface area contributed by atoms with Crippen LogP contribution in [0.15, 0.2) is 46.9 Å². The second kappa shape index (κ2) is 6.77. The highest BCUT2D eigenvalue weighted by Crippen LogP contribution is 2.29. The molecule has 28 heavy (non-hydrogen) atoms. The van der Waals surface area contributed by atoms with Crippen molar-refractivity contribution in [2.45, 2.75) is 18.9 Å². The number of nitrogens with zero attached hydrogens (tertiary/aromatic N) is 3. The molecule has 0 radical (unpaired) electrons. The molecule has 6 rings (SSSR count). The average Bonchev–Trinajstić information content (AvgIpc) is 3.19. The fraction of sp³-hybridized carbons (Fsp3) is 0.318. The first-order valence-corrected chi connectivity index (χ1v) is 9.64. The molecule has 0 aliphatic carbocycles. The van der Waals surface area contributed by atoms with Gasteiger partial charge in [0.05, 0.1) is 17.2 Å². The SMILES string of the molecule is N#Cc1ccc(-c2nc3c(C(=O)NC4CN5CCC4CC5)cccc3o2)cc1. The summed E-state index contributed by atoms with van der Waals surface area (Å²) in [6.07, 6.45) is 2.31. The topological polar surface area (TPSA) is 82.2 Å². The van der Waals surface area contributed by atoms with Crippen LogP contribution in [0.1, 0.15) is 28.8 Å². The number of amides is 1. The Kier molecular flexibility index (Phi) is 4.10. The molecular weight excluding hydrogens is 352 g/mol. The van der Waals surface area contributed by atoms with Crippen molar-refractivity contribution in [2.75, 3.05) is 19.6 Å². The number of nitrogens with one attached hydrogen (secondary N) is 1. The van der Waals surface area contributed by atoms with E-state index < -0.39 is 0 Å². The summed E-state index contributed by atoms with van der Waals surface area (Å²) in [6, 6.07) is 14.8. The Morgan fingerprint density at radius 2 is 1.96 bits per heavy atom. The van der Waals surface area contributed by atoms with Crippen molar-refractivity contribution >= 4 is 17.0 Å². The molecule has 1 atom stereocenters. The number of hydrogen-bond acceptors (Lipinski definition) is 5. The summed E-state index contributed by atoms with van der Waals surface area (Å²) in [6.45, 7) is 3.22. The van der Waals surface area contributed by atoms with Gasteiger partial charge in [0, 0.05) is 18.2 Å². The molecule has 3 aliphatic rings. The van der Waals surface area contributed by atoms with Crippen LogP contribution in [0.4, 0.5) is 0 Å². The van der Waals surface area contributed by atoms with Crippen LogP contribution in [-0.4, -0.2) is 41.5 Å². The standard InChI is InChI=1S/C22H20N4O2/c23-12-14-4-6-16(7-5-14)22-25-20-17(2-1-3-19(20)28-22)21(27)24-18-13-26-10-8-15(18)9-11-26/h1-7,15,18H,8-11,13H2,(H,24,27). The van der Waals surface area contributed by atoms with E-state index in [1.807, 2.05) is 12.1 Å². The molecule has 3 fully saturated rings. The van der Waals surface area contributed by atoms with Gasteiger partial charge in [-0.25, -0.2) is 4.98 Å². The number of fused-ring (bicyclic) bond motifs is 4. The average molecular weight is 372 g/mol. The third-order valence-corrected chi connectivity index (χ3v) is 5.90. The monoisotopic (exact) mass is 372 g/mol. The minimum atomic E-state index is -0.0935. The van der Waals surface area contributed by atoms with Gasteiger partial charge in [-0.05, 0) is 68.2 Å². The Bertz CT molecular complexity index is 1070. The predicted octanol–water partition coefficient (Wildman–Crippen LogP) is 3.19. The number of oxazole rings is 1. The van der Waals surface area contributed by atoms with Crippen LogP contribution >= 0.6 is 0 Å². The van der Waals surface area contributed by atoms with Gasteiger partial charge in [-0.15, -0.1) is 0 Å².